The van der Waals surface area contributed by atoms with Crippen molar-refractivity contribution in [3.05, 3.63) is 0 Å². The summed E-state index contributed by atoms with van der Waals surface area (Å²) in [6.07, 6.45) is 8.86. The molecule has 0 aliphatic heterocycles. The van der Waals surface area contributed by atoms with Gasteiger partial charge in [-0.05, 0) is 11.8 Å². The molecule has 0 amide bonds. The Kier molecular flexibility index (Phi) is 9.24. The van der Waals surface area contributed by atoms with E-state index in [2.05, 4.69) is 13.8 Å². The number of hydrogen-bond donors (Lipinski definition) is 0. The third-order valence-corrected chi connectivity index (χ3v) is 2.79. The third-order valence-electron chi connectivity index (χ3n) is 2.79. The minimum absolute atomic E-state index is 0. The van der Waals surface area contributed by atoms with E-state index in [1.54, 1.807) is 0 Å². The molecule has 0 bridgehead atoms. The molecule has 0 saturated heterocycles. The van der Waals surface area contributed by atoms with Crippen molar-refractivity contribution in [1.82, 2.24) is 0 Å². The van der Waals surface area contributed by atoms with Crippen LogP contribution in [0.25, 0.3) is 0 Å². The van der Waals surface area contributed by atoms with E-state index in [0.717, 1.165) is 11.8 Å². The smallest absolute Gasteiger partial charge is 0.0443 e. The number of rotatable bonds is 0. The van der Waals surface area contributed by atoms with E-state index in [1.165, 1.54) is 38.5 Å². The summed E-state index contributed by atoms with van der Waals surface area (Å²) >= 11 is 0. The zero-order valence-corrected chi connectivity index (χ0v) is 7.40. The first kappa shape index (κ1) is 14.5. The molecule has 1 aliphatic carbocycles. The molecule has 76 valence electrons. The predicted octanol–water partition coefficient (Wildman–Crippen LogP) is 4.89. The monoisotopic (exact) mass is 172 g/mol. The second kappa shape index (κ2) is 7.64. The van der Waals surface area contributed by atoms with Crippen LogP contribution < -0.4 is 0 Å². The highest BCUT2D eigenvalue weighted by Crippen LogP contribution is 2.24. The molecule has 1 aliphatic rings. The molecule has 0 N–H and O–H groups in total. The minimum atomic E-state index is 0. The molecule has 0 aromatic heterocycles. The van der Waals surface area contributed by atoms with E-state index >= 15 is 0 Å². The normalized spacial score (nSPS) is 30.5. The van der Waals surface area contributed by atoms with Crippen molar-refractivity contribution in [2.45, 2.75) is 67.2 Å². The maximum absolute atomic E-state index is 2.40. The molecular weight excluding hydrogens is 144 g/mol. The fourth-order valence-electron chi connectivity index (χ4n) is 1.92. The summed E-state index contributed by atoms with van der Waals surface area (Å²) in [5.41, 5.74) is 0. The first-order chi connectivity index (χ1) is 4.79. The van der Waals surface area contributed by atoms with Gasteiger partial charge in [0, 0.05) is 0 Å². The lowest BCUT2D eigenvalue weighted by molar-refractivity contribution is 0.346. The van der Waals surface area contributed by atoms with E-state index < -0.39 is 0 Å². The lowest BCUT2D eigenvalue weighted by atomic mass is 9.88. The molecular formula is C12H28. The van der Waals surface area contributed by atoms with E-state index in [1.807, 2.05) is 0 Å². The Morgan fingerprint density at radius 2 is 0.917 bits per heavy atom. The topological polar surface area (TPSA) is 0 Å². The molecule has 1 fully saturated rings. The van der Waals surface area contributed by atoms with Gasteiger partial charge >= 0.3 is 0 Å². The van der Waals surface area contributed by atoms with Gasteiger partial charge in [-0.15, -0.1) is 0 Å². The lowest BCUT2D eigenvalue weighted by Crippen LogP contribution is -2.04. The van der Waals surface area contributed by atoms with Crippen molar-refractivity contribution in [3.63, 3.8) is 0 Å². The molecule has 0 nitrogen and oxygen atoms in total. The van der Waals surface area contributed by atoms with Crippen LogP contribution in [0.2, 0.25) is 0 Å². The van der Waals surface area contributed by atoms with Gasteiger partial charge in [0.05, 0.1) is 0 Å². The first-order valence-corrected chi connectivity index (χ1v) is 4.79. The summed E-state index contributed by atoms with van der Waals surface area (Å²) < 4.78 is 0. The highest BCUT2D eigenvalue weighted by atomic mass is 14.2. The van der Waals surface area contributed by atoms with Gasteiger partial charge < -0.3 is 0 Å². The van der Waals surface area contributed by atoms with Gasteiger partial charge in [-0.2, -0.15) is 0 Å². The zero-order valence-electron chi connectivity index (χ0n) is 7.40. The summed E-state index contributed by atoms with van der Waals surface area (Å²) in [5.74, 6) is 2.01. The largest absolute Gasteiger partial charge is 0.0776 e. The van der Waals surface area contributed by atoms with Gasteiger partial charge in [-0.1, -0.05) is 67.2 Å². The van der Waals surface area contributed by atoms with E-state index in [9.17, 15) is 0 Å². The van der Waals surface area contributed by atoms with Crippen LogP contribution in [-0.4, -0.2) is 0 Å². The lowest BCUT2D eigenvalue weighted by Gasteiger charge is -2.18. The van der Waals surface area contributed by atoms with Crippen molar-refractivity contribution < 1.29 is 0 Å². The second-order valence-corrected chi connectivity index (χ2v) is 4.07. The van der Waals surface area contributed by atoms with Crippen LogP contribution in [0.1, 0.15) is 67.2 Å². The zero-order chi connectivity index (χ0) is 7.40. The highest BCUT2D eigenvalue weighted by Gasteiger charge is 2.09. The Hall–Kier alpha value is 0. The summed E-state index contributed by atoms with van der Waals surface area (Å²) in [6.45, 7) is 4.80. The van der Waals surface area contributed by atoms with Gasteiger partial charge in [0.2, 0.25) is 0 Å². The highest BCUT2D eigenvalue weighted by molar-refractivity contribution is 4.62. The molecule has 0 aromatic carbocycles. The molecule has 0 heteroatoms. The Morgan fingerprint density at radius 1 is 0.667 bits per heavy atom. The Morgan fingerprint density at radius 3 is 1.17 bits per heavy atom. The summed E-state index contributed by atoms with van der Waals surface area (Å²) in [7, 11) is 0. The van der Waals surface area contributed by atoms with Crippen molar-refractivity contribution in [3.8, 4) is 0 Å². The molecule has 0 unspecified atom stereocenters. The van der Waals surface area contributed by atoms with Crippen LogP contribution in [-0.2, 0) is 0 Å². The predicted molar refractivity (Wildman–Crippen MR) is 59.5 cm³/mol. The van der Waals surface area contributed by atoms with Gasteiger partial charge in [-0.25, -0.2) is 0 Å². The van der Waals surface area contributed by atoms with E-state index in [-0.39, 0.29) is 14.9 Å². The van der Waals surface area contributed by atoms with Gasteiger partial charge in [-0.3, -0.25) is 0 Å². The van der Waals surface area contributed by atoms with Crippen molar-refractivity contribution >= 4 is 0 Å². The molecule has 0 heterocycles. The first-order valence-electron chi connectivity index (χ1n) is 4.79. The standard InChI is InChI=1S/C10H20.2CH4/c1-9-5-3-7-10(2)8-4-6-9;;/h9-10H,3-8H2,1-2H3;2*1H4. The van der Waals surface area contributed by atoms with Gasteiger partial charge in [0.25, 0.3) is 0 Å². The van der Waals surface area contributed by atoms with Crippen molar-refractivity contribution in [1.29, 1.82) is 0 Å². The summed E-state index contributed by atoms with van der Waals surface area (Å²) in [5, 5.41) is 0. The van der Waals surface area contributed by atoms with E-state index in [0.29, 0.717) is 0 Å². The molecule has 12 heavy (non-hydrogen) atoms. The summed E-state index contributed by atoms with van der Waals surface area (Å²) in [6, 6.07) is 0. The molecule has 0 aromatic rings. The summed E-state index contributed by atoms with van der Waals surface area (Å²) in [4.78, 5) is 0. The van der Waals surface area contributed by atoms with Crippen molar-refractivity contribution in [2.75, 3.05) is 0 Å². The van der Waals surface area contributed by atoms with E-state index in [4.69, 9.17) is 0 Å². The third kappa shape index (κ3) is 5.62. The van der Waals surface area contributed by atoms with Crippen LogP contribution in [0.5, 0.6) is 0 Å². The maximum Gasteiger partial charge on any atom is -0.0443 e. The van der Waals surface area contributed by atoms with Crippen LogP contribution in [0.15, 0.2) is 0 Å². The minimum Gasteiger partial charge on any atom is -0.0776 e. The maximum atomic E-state index is 2.40. The Labute approximate surface area is 79.8 Å². The quantitative estimate of drug-likeness (QED) is 0.488. The van der Waals surface area contributed by atoms with Crippen LogP contribution >= 0.6 is 0 Å². The van der Waals surface area contributed by atoms with Crippen LogP contribution in [0.4, 0.5) is 0 Å². The molecule has 1 rings (SSSR count). The van der Waals surface area contributed by atoms with Crippen molar-refractivity contribution in [2.24, 2.45) is 11.8 Å². The molecule has 1 saturated carbocycles. The average Bonchev–Trinajstić information content (AvgIpc) is 1.84. The second-order valence-electron chi connectivity index (χ2n) is 4.07. The molecule has 0 spiro atoms. The SMILES string of the molecule is C.C.CC1CCCC(C)CCC1. The van der Waals surface area contributed by atoms with Crippen LogP contribution in [0.3, 0.4) is 0 Å². The number of hydrogen-bond acceptors (Lipinski definition) is 0. The Balaban J connectivity index is 0. The average molecular weight is 172 g/mol. The molecule has 0 atom stereocenters. The fourth-order valence-corrected chi connectivity index (χ4v) is 1.92. The molecule has 0 radical (unpaired) electrons. The Bertz CT molecular complexity index is 66.0. The van der Waals surface area contributed by atoms with Gasteiger partial charge in [0.15, 0.2) is 0 Å². The fraction of sp³-hybridized carbons (Fsp3) is 1.00. The van der Waals surface area contributed by atoms with Gasteiger partial charge in [0.1, 0.15) is 0 Å². The van der Waals surface area contributed by atoms with Crippen LogP contribution in [0, 0.1) is 11.8 Å².